The maximum absolute atomic E-state index is 12.8. The Labute approximate surface area is 179 Å². The van der Waals surface area contributed by atoms with E-state index in [-0.39, 0.29) is 18.1 Å². The maximum Gasteiger partial charge on any atom is 0.349 e. The average molecular weight is 443 g/mol. The van der Waals surface area contributed by atoms with E-state index in [1.165, 1.54) is 11.3 Å². The van der Waals surface area contributed by atoms with Crippen molar-refractivity contribution in [1.82, 2.24) is 19.7 Å². The van der Waals surface area contributed by atoms with Gasteiger partial charge in [-0.1, -0.05) is 16.8 Å². The van der Waals surface area contributed by atoms with E-state index in [2.05, 4.69) is 15.1 Å². The van der Waals surface area contributed by atoms with Crippen LogP contribution in [-0.2, 0) is 24.3 Å². The van der Waals surface area contributed by atoms with Gasteiger partial charge in [-0.2, -0.15) is 4.98 Å². The van der Waals surface area contributed by atoms with E-state index in [1.54, 1.807) is 35.8 Å². The lowest BCUT2D eigenvalue weighted by atomic mass is 10.2. The predicted octanol–water partition coefficient (Wildman–Crippen LogP) is 3.77. The molecule has 1 aliphatic rings. The average Bonchev–Trinajstić information content (AvgIpc) is 3.46. The van der Waals surface area contributed by atoms with Crippen LogP contribution in [0.4, 0.5) is 0 Å². The lowest BCUT2D eigenvalue weighted by Gasteiger charge is -2.02. The van der Waals surface area contributed by atoms with Gasteiger partial charge in [-0.25, -0.2) is 9.78 Å². The van der Waals surface area contributed by atoms with Crippen LogP contribution in [-0.4, -0.2) is 25.7 Å². The van der Waals surface area contributed by atoms with Gasteiger partial charge in [-0.15, -0.1) is 11.3 Å². The number of esters is 1. The Balaban J connectivity index is 1.36. The molecule has 4 heterocycles. The van der Waals surface area contributed by atoms with E-state index in [1.807, 2.05) is 0 Å². The molecule has 0 fully saturated rings. The third kappa shape index (κ3) is 3.20. The monoisotopic (exact) mass is 442 g/mol. The van der Waals surface area contributed by atoms with E-state index in [0.717, 1.165) is 24.2 Å². The topological polar surface area (TPSA) is 100 Å². The number of hydrogen-bond acceptors (Lipinski definition) is 8. The molecule has 0 unspecified atom stereocenters. The first-order valence-corrected chi connectivity index (χ1v) is 10.5. The van der Waals surface area contributed by atoms with Gasteiger partial charge in [0.05, 0.1) is 5.39 Å². The smallest absolute Gasteiger partial charge is 0.349 e. The highest BCUT2D eigenvalue weighted by molar-refractivity contribution is 7.20. The summed E-state index contributed by atoms with van der Waals surface area (Å²) >= 11 is 7.05. The highest BCUT2D eigenvalue weighted by Gasteiger charge is 2.24. The summed E-state index contributed by atoms with van der Waals surface area (Å²) in [4.78, 5) is 35.1. The van der Waals surface area contributed by atoms with Crippen molar-refractivity contribution in [3.8, 4) is 11.4 Å². The molecule has 30 heavy (non-hydrogen) atoms. The summed E-state index contributed by atoms with van der Waals surface area (Å²) in [5.41, 5.74) is 1.23. The SMILES string of the molecule is Cc1c(C(=O)OCc2nc(-c3ccc(Cl)cc3)no2)sc2nc3n(c(=O)c12)CCC3. The number of aryl methyl sites for hydroxylation is 2. The van der Waals surface area contributed by atoms with Gasteiger partial charge in [0.1, 0.15) is 15.5 Å². The zero-order valence-electron chi connectivity index (χ0n) is 15.8. The number of halogens is 1. The van der Waals surface area contributed by atoms with E-state index >= 15 is 0 Å². The van der Waals surface area contributed by atoms with Gasteiger partial charge in [-0.05, 0) is 43.2 Å². The number of ether oxygens (including phenoxy) is 1. The van der Waals surface area contributed by atoms with Gasteiger partial charge in [0.2, 0.25) is 5.82 Å². The summed E-state index contributed by atoms with van der Waals surface area (Å²) in [6.07, 6.45) is 1.69. The van der Waals surface area contributed by atoms with Crippen LogP contribution in [0.5, 0.6) is 0 Å². The van der Waals surface area contributed by atoms with Crippen LogP contribution in [0.2, 0.25) is 5.02 Å². The number of hydrogen-bond donors (Lipinski definition) is 0. The summed E-state index contributed by atoms with van der Waals surface area (Å²) in [7, 11) is 0. The molecule has 4 aromatic rings. The molecule has 0 amide bonds. The van der Waals surface area contributed by atoms with Crippen molar-refractivity contribution >= 4 is 39.1 Å². The molecule has 3 aromatic heterocycles. The van der Waals surface area contributed by atoms with Crippen LogP contribution in [0.25, 0.3) is 21.6 Å². The first-order chi connectivity index (χ1) is 14.5. The Bertz CT molecular complexity index is 1340. The normalized spacial score (nSPS) is 13.0. The summed E-state index contributed by atoms with van der Waals surface area (Å²) < 4.78 is 12.2. The van der Waals surface area contributed by atoms with Crippen LogP contribution in [0.15, 0.2) is 33.6 Å². The summed E-state index contributed by atoms with van der Waals surface area (Å²) in [5.74, 6) is 0.771. The molecule has 8 nitrogen and oxygen atoms in total. The Kier molecular flexibility index (Phi) is 4.63. The number of rotatable bonds is 4. The Morgan fingerprint density at radius 1 is 1.30 bits per heavy atom. The van der Waals surface area contributed by atoms with Crippen molar-refractivity contribution in [3.05, 3.63) is 61.8 Å². The fraction of sp³-hybridized carbons (Fsp3) is 0.250. The number of thiophene rings is 1. The molecule has 0 saturated heterocycles. The predicted molar refractivity (Wildman–Crippen MR) is 111 cm³/mol. The Morgan fingerprint density at radius 3 is 2.90 bits per heavy atom. The van der Waals surface area contributed by atoms with Crippen molar-refractivity contribution in [3.63, 3.8) is 0 Å². The Hall–Kier alpha value is -3.04. The second-order valence-electron chi connectivity index (χ2n) is 6.92. The molecular weight excluding hydrogens is 428 g/mol. The molecule has 0 spiro atoms. The van der Waals surface area contributed by atoms with Gasteiger partial charge < -0.3 is 9.26 Å². The van der Waals surface area contributed by atoms with Crippen molar-refractivity contribution in [1.29, 1.82) is 0 Å². The van der Waals surface area contributed by atoms with E-state index in [4.69, 9.17) is 20.9 Å². The Morgan fingerprint density at radius 2 is 2.10 bits per heavy atom. The van der Waals surface area contributed by atoms with Crippen LogP contribution in [0.1, 0.15) is 33.4 Å². The fourth-order valence-corrected chi connectivity index (χ4v) is 4.70. The standard InChI is InChI=1S/C20H15ClN4O4S/c1-10-15-18(22-13-3-2-8-25(13)19(15)26)30-16(10)20(27)28-9-14-23-17(24-29-14)11-4-6-12(21)7-5-11/h4-7H,2-3,8-9H2,1H3. The summed E-state index contributed by atoms with van der Waals surface area (Å²) in [6.45, 7) is 2.24. The van der Waals surface area contributed by atoms with Gasteiger partial charge >= 0.3 is 5.97 Å². The number of aromatic nitrogens is 4. The summed E-state index contributed by atoms with van der Waals surface area (Å²) in [5, 5.41) is 4.99. The third-order valence-electron chi connectivity index (χ3n) is 4.99. The molecule has 0 radical (unpaired) electrons. The van der Waals surface area contributed by atoms with Gasteiger partial charge in [-0.3, -0.25) is 9.36 Å². The van der Waals surface area contributed by atoms with Crippen LogP contribution < -0.4 is 5.56 Å². The van der Waals surface area contributed by atoms with E-state index in [0.29, 0.717) is 38.0 Å². The van der Waals surface area contributed by atoms with E-state index in [9.17, 15) is 9.59 Å². The van der Waals surface area contributed by atoms with Crippen LogP contribution >= 0.6 is 22.9 Å². The van der Waals surface area contributed by atoms with Crippen LogP contribution in [0, 0.1) is 6.92 Å². The minimum atomic E-state index is -0.550. The van der Waals surface area contributed by atoms with Gasteiger partial charge in [0.15, 0.2) is 6.61 Å². The first kappa shape index (κ1) is 19.0. The highest BCUT2D eigenvalue weighted by atomic mass is 35.5. The van der Waals surface area contributed by atoms with E-state index < -0.39 is 5.97 Å². The molecule has 0 bridgehead atoms. The van der Waals surface area contributed by atoms with Crippen molar-refractivity contribution in [2.24, 2.45) is 0 Å². The van der Waals surface area contributed by atoms with Crippen molar-refractivity contribution in [2.45, 2.75) is 32.9 Å². The number of carbonyl (C=O) groups excluding carboxylic acids is 1. The lowest BCUT2D eigenvalue weighted by molar-refractivity contribution is 0.0435. The number of fused-ring (bicyclic) bond motifs is 2. The second-order valence-corrected chi connectivity index (χ2v) is 8.35. The second kappa shape index (κ2) is 7.33. The molecule has 152 valence electrons. The number of nitrogens with zero attached hydrogens (tertiary/aromatic N) is 4. The zero-order chi connectivity index (χ0) is 20.8. The highest BCUT2D eigenvalue weighted by Crippen LogP contribution is 2.29. The molecule has 0 saturated carbocycles. The summed E-state index contributed by atoms with van der Waals surface area (Å²) in [6, 6.07) is 6.99. The largest absolute Gasteiger partial charge is 0.451 e. The first-order valence-electron chi connectivity index (χ1n) is 9.29. The number of benzene rings is 1. The molecule has 0 atom stereocenters. The molecule has 1 aliphatic heterocycles. The van der Waals surface area contributed by atoms with Crippen LogP contribution in [0.3, 0.4) is 0 Å². The van der Waals surface area contributed by atoms with Gasteiger partial charge in [0, 0.05) is 23.6 Å². The fourth-order valence-electron chi connectivity index (χ4n) is 3.49. The quantitative estimate of drug-likeness (QED) is 0.443. The molecular formula is C20H15ClN4O4S. The maximum atomic E-state index is 12.8. The van der Waals surface area contributed by atoms with Crippen molar-refractivity contribution < 1.29 is 14.1 Å². The minimum absolute atomic E-state index is 0.0928. The molecule has 0 aliphatic carbocycles. The zero-order valence-corrected chi connectivity index (χ0v) is 17.4. The van der Waals surface area contributed by atoms with Crippen molar-refractivity contribution in [2.75, 3.05) is 0 Å². The molecule has 5 rings (SSSR count). The van der Waals surface area contributed by atoms with Gasteiger partial charge in [0.25, 0.3) is 11.4 Å². The third-order valence-corrected chi connectivity index (χ3v) is 6.41. The molecule has 0 N–H and O–H groups in total. The number of carbonyl (C=O) groups is 1. The molecule has 1 aromatic carbocycles. The minimum Gasteiger partial charge on any atom is -0.451 e. The lowest BCUT2D eigenvalue weighted by Crippen LogP contribution is -2.20. The molecule has 10 heteroatoms.